The van der Waals surface area contributed by atoms with Gasteiger partial charge in [0, 0.05) is 17.4 Å². The fraction of sp³-hybridized carbons (Fsp3) is 0.130. The number of hydrogen-bond acceptors (Lipinski definition) is 6. The van der Waals surface area contributed by atoms with Crippen LogP contribution in [0, 0.1) is 0 Å². The highest BCUT2D eigenvalue weighted by atomic mass is 35.5. The SMILES string of the molecule is COc1ccc(-c2csc(N3N=C(c4ccc(Cl)c(Cl)c4)CC3c3ccco3)n2)cc1. The number of nitrogens with zero attached hydrogens (tertiary/aromatic N) is 3. The minimum atomic E-state index is -0.0886. The molecule has 0 amide bonds. The molecule has 0 radical (unpaired) electrons. The van der Waals surface area contributed by atoms with Gasteiger partial charge in [0.05, 0.1) is 34.8 Å². The molecular formula is C23H17Cl2N3O2S. The van der Waals surface area contributed by atoms with E-state index < -0.39 is 0 Å². The molecule has 31 heavy (non-hydrogen) atoms. The Morgan fingerprint density at radius 2 is 1.87 bits per heavy atom. The van der Waals surface area contributed by atoms with Gasteiger partial charge >= 0.3 is 0 Å². The van der Waals surface area contributed by atoms with Crippen LogP contribution in [0.1, 0.15) is 23.8 Å². The first-order valence-corrected chi connectivity index (χ1v) is 11.2. The highest BCUT2D eigenvalue weighted by molar-refractivity contribution is 7.14. The first kappa shape index (κ1) is 20.1. The zero-order chi connectivity index (χ0) is 21.4. The fourth-order valence-corrected chi connectivity index (χ4v) is 4.63. The molecule has 156 valence electrons. The van der Waals surface area contributed by atoms with Crippen LogP contribution in [0.3, 0.4) is 0 Å². The lowest BCUT2D eigenvalue weighted by molar-refractivity contribution is 0.415. The molecule has 1 aliphatic heterocycles. The number of hydrogen-bond donors (Lipinski definition) is 0. The van der Waals surface area contributed by atoms with Crippen molar-refractivity contribution in [3.63, 3.8) is 0 Å². The third-order valence-corrected chi connectivity index (χ3v) is 6.68. The molecule has 3 heterocycles. The standard InChI is InChI=1S/C23H17Cl2N3O2S/c1-29-16-7-4-14(5-8-16)20-13-31-23(26-20)28-21(22-3-2-10-30-22)12-19(27-28)15-6-9-17(24)18(25)11-15/h2-11,13,21H,12H2,1H3. The van der Waals surface area contributed by atoms with Gasteiger partial charge in [-0.3, -0.25) is 0 Å². The lowest BCUT2D eigenvalue weighted by Gasteiger charge is -2.18. The summed E-state index contributed by atoms with van der Waals surface area (Å²) < 4.78 is 11.0. The third kappa shape index (κ3) is 3.94. The van der Waals surface area contributed by atoms with Crippen molar-refractivity contribution in [2.75, 3.05) is 12.1 Å². The predicted octanol–water partition coefficient (Wildman–Crippen LogP) is 7.07. The van der Waals surface area contributed by atoms with E-state index in [0.717, 1.165) is 39.2 Å². The normalized spacial score (nSPS) is 15.9. The first-order chi connectivity index (χ1) is 15.1. The van der Waals surface area contributed by atoms with Crippen molar-refractivity contribution in [2.24, 2.45) is 5.10 Å². The van der Waals surface area contributed by atoms with Gasteiger partial charge in [0.15, 0.2) is 0 Å². The second kappa shape index (κ2) is 8.38. The van der Waals surface area contributed by atoms with Crippen LogP contribution < -0.4 is 9.75 Å². The van der Waals surface area contributed by atoms with Crippen molar-refractivity contribution < 1.29 is 9.15 Å². The number of anilines is 1. The number of furan rings is 1. The molecule has 5 rings (SSSR count). The summed E-state index contributed by atoms with van der Waals surface area (Å²) >= 11 is 13.9. The minimum Gasteiger partial charge on any atom is -0.497 e. The van der Waals surface area contributed by atoms with E-state index in [4.69, 9.17) is 42.4 Å². The van der Waals surface area contributed by atoms with Gasteiger partial charge in [-0.1, -0.05) is 29.3 Å². The summed E-state index contributed by atoms with van der Waals surface area (Å²) in [6, 6.07) is 17.2. The lowest BCUT2D eigenvalue weighted by Crippen LogP contribution is -2.17. The summed E-state index contributed by atoms with van der Waals surface area (Å²) in [5, 5.41) is 10.7. The fourth-order valence-electron chi connectivity index (χ4n) is 3.50. The van der Waals surface area contributed by atoms with Crippen LogP contribution in [0.5, 0.6) is 5.75 Å². The number of halogens is 2. The average molecular weight is 470 g/mol. The highest BCUT2D eigenvalue weighted by Gasteiger charge is 2.33. The van der Waals surface area contributed by atoms with Crippen LogP contribution in [0.25, 0.3) is 11.3 Å². The number of aromatic nitrogens is 1. The Morgan fingerprint density at radius 3 is 2.58 bits per heavy atom. The number of methoxy groups -OCH3 is 1. The average Bonchev–Trinajstić information content (AvgIpc) is 3.55. The molecule has 0 bridgehead atoms. The van der Waals surface area contributed by atoms with Crippen molar-refractivity contribution in [2.45, 2.75) is 12.5 Å². The van der Waals surface area contributed by atoms with Crippen LogP contribution in [0.15, 0.2) is 75.8 Å². The van der Waals surface area contributed by atoms with E-state index in [1.165, 1.54) is 0 Å². The Balaban J connectivity index is 1.50. The number of rotatable bonds is 5. The molecule has 0 saturated carbocycles. The van der Waals surface area contributed by atoms with Crippen LogP contribution in [0.2, 0.25) is 10.0 Å². The van der Waals surface area contributed by atoms with Crippen LogP contribution in [0.4, 0.5) is 5.13 Å². The van der Waals surface area contributed by atoms with E-state index in [9.17, 15) is 0 Å². The van der Waals surface area contributed by atoms with Gasteiger partial charge in [0.25, 0.3) is 0 Å². The number of benzene rings is 2. The molecule has 1 atom stereocenters. The summed E-state index contributed by atoms with van der Waals surface area (Å²) in [5.74, 6) is 1.65. The number of ether oxygens (including phenoxy) is 1. The Hall–Kier alpha value is -2.80. The summed E-state index contributed by atoms with van der Waals surface area (Å²) in [6.45, 7) is 0. The molecule has 0 fully saturated rings. The van der Waals surface area contributed by atoms with Gasteiger partial charge < -0.3 is 9.15 Å². The van der Waals surface area contributed by atoms with Crippen LogP contribution >= 0.6 is 34.5 Å². The number of hydrazone groups is 1. The summed E-state index contributed by atoms with van der Waals surface area (Å²) in [4.78, 5) is 4.85. The predicted molar refractivity (Wildman–Crippen MR) is 126 cm³/mol. The van der Waals surface area contributed by atoms with Gasteiger partial charge in [-0.15, -0.1) is 11.3 Å². The molecule has 4 aromatic rings. The Morgan fingerprint density at radius 1 is 1.06 bits per heavy atom. The van der Waals surface area contributed by atoms with Gasteiger partial charge in [0.2, 0.25) is 5.13 Å². The van der Waals surface area contributed by atoms with E-state index >= 15 is 0 Å². The maximum absolute atomic E-state index is 6.24. The van der Waals surface area contributed by atoms with Gasteiger partial charge in [0.1, 0.15) is 17.6 Å². The molecule has 0 N–H and O–H groups in total. The quantitative estimate of drug-likeness (QED) is 0.313. The van der Waals surface area contributed by atoms with Crippen molar-refractivity contribution in [3.8, 4) is 17.0 Å². The lowest BCUT2D eigenvalue weighted by atomic mass is 10.0. The molecule has 8 heteroatoms. The van der Waals surface area contributed by atoms with Crippen molar-refractivity contribution in [3.05, 3.63) is 87.6 Å². The third-order valence-electron chi connectivity index (χ3n) is 5.11. The van der Waals surface area contributed by atoms with Crippen molar-refractivity contribution in [1.82, 2.24) is 4.98 Å². The number of thiazole rings is 1. The summed E-state index contributed by atoms with van der Waals surface area (Å²) in [5.41, 5.74) is 3.74. The minimum absolute atomic E-state index is 0.0886. The second-order valence-corrected chi connectivity index (χ2v) is 8.65. The van der Waals surface area contributed by atoms with Crippen LogP contribution in [-0.4, -0.2) is 17.8 Å². The summed E-state index contributed by atoms with van der Waals surface area (Å²) in [7, 11) is 1.65. The van der Waals surface area contributed by atoms with E-state index in [-0.39, 0.29) is 6.04 Å². The maximum atomic E-state index is 6.24. The monoisotopic (exact) mass is 469 g/mol. The molecule has 2 aromatic heterocycles. The zero-order valence-electron chi connectivity index (χ0n) is 16.5. The van der Waals surface area contributed by atoms with Gasteiger partial charge in [-0.2, -0.15) is 5.10 Å². The van der Waals surface area contributed by atoms with E-state index in [2.05, 4.69) is 0 Å². The van der Waals surface area contributed by atoms with Gasteiger partial charge in [-0.05, 0) is 54.1 Å². The van der Waals surface area contributed by atoms with Crippen LogP contribution in [-0.2, 0) is 0 Å². The summed E-state index contributed by atoms with van der Waals surface area (Å²) in [6.07, 6.45) is 2.35. The molecule has 5 nitrogen and oxygen atoms in total. The Kier molecular flexibility index (Phi) is 5.44. The molecule has 2 aromatic carbocycles. The molecule has 0 saturated heterocycles. The molecule has 0 aliphatic carbocycles. The molecule has 1 aliphatic rings. The van der Waals surface area contributed by atoms with E-state index in [1.54, 1.807) is 30.8 Å². The maximum Gasteiger partial charge on any atom is 0.207 e. The zero-order valence-corrected chi connectivity index (χ0v) is 18.8. The largest absolute Gasteiger partial charge is 0.497 e. The topological polar surface area (TPSA) is 50.9 Å². The van der Waals surface area contributed by atoms with E-state index in [0.29, 0.717) is 16.5 Å². The molecule has 1 unspecified atom stereocenters. The van der Waals surface area contributed by atoms with E-state index in [1.807, 2.05) is 58.9 Å². The second-order valence-electron chi connectivity index (χ2n) is 7.00. The highest BCUT2D eigenvalue weighted by Crippen LogP contribution is 2.40. The Bertz CT molecular complexity index is 1240. The van der Waals surface area contributed by atoms with Crippen molar-refractivity contribution >= 4 is 45.4 Å². The van der Waals surface area contributed by atoms with Crippen molar-refractivity contribution in [1.29, 1.82) is 0 Å². The van der Waals surface area contributed by atoms with Gasteiger partial charge in [-0.25, -0.2) is 9.99 Å². The Labute approximate surface area is 193 Å². The first-order valence-electron chi connectivity index (χ1n) is 9.58. The smallest absolute Gasteiger partial charge is 0.207 e. The molecular weight excluding hydrogens is 453 g/mol. The molecule has 0 spiro atoms.